The normalized spacial score (nSPS) is 10.1. The highest BCUT2D eigenvalue weighted by Gasteiger charge is 2.05. The standard InChI is InChI=1S/C17H18BrN3O2/c18-15-3-1-13(2-4-15)11-17(23)20-10-7-16(22)21-12-14-5-8-19-9-6-14/h1-6,8-9H,7,10-12H2,(H,20,23)(H,21,22). The number of carbonyl (C=O) groups is 2. The Morgan fingerprint density at radius 3 is 2.30 bits per heavy atom. The van der Waals surface area contributed by atoms with Gasteiger partial charge in [-0.25, -0.2) is 0 Å². The van der Waals surface area contributed by atoms with Gasteiger partial charge in [0.15, 0.2) is 0 Å². The van der Waals surface area contributed by atoms with Crippen LogP contribution in [-0.4, -0.2) is 23.3 Å². The molecule has 2 amide bonds. The molecule has 2 aromatic rings. The Labute approximate surface area is 143 Å². The number of benzene rings is 1. The molecule has 0 aliphatic rings. The first-order valence-electron chi connectivity index (χ1n) is 7.30. The van der Waals surface area contributed by atoms with Crippen LogP contribution >= 0.6 is 15.9 Å². The van der Waals surface area contributed by atoms with Gasteiger partial charge in [0.25, 0.3) is 0 Å². The molecule has 6 heteroatoms. The van der Waals surface area contributed by atoms with Gasteiger partial charge < -0.3 is 10.6 Å². The van der Waals surface area contributed by atoms with Crippen molar-refractivity contribution < 1.29 is 9.59 Å². The predicted molar refractivity (Wildman–Crippen MR) is 91.6 cm³/mol. The molecule has 1 aromatic carbocycles. The molecule has 1 aromatic heterocycles. The summed E-state index contributed by atoms with van der Waals surface area (Å²) in [5, 5.41) is 5.56. The summed E-state index contributed by atoms with van der Waals surface area (Å²) in [6.07, 6.45) is 3.94. The van der Waals surface area contributed by atoms with Crippen molar-refractivity contribution in [1.82, 2.24) is 15.6 Å². The maximum atomic E-state index is 11.8. The van der Waals surface area contributed by atoms with Crippen LogP contribution in [-0.2, 0) is 22.6 Å². The highest BCUT2D eigenvalue weighted by atomic mass is 79.9. The first-order chi connectivity index (χ1) is 11.1. The summed E-state index contributed by atoms with van der Waals surface area (Å²) in [7, 11) is 0. The molecule has 0 fully saturated rings. The molecule has 2 N–H and O–H groups in total. The van der Waals surface area contributed by atoms with Crippen LogP contribution < -0.4 is 10.6 Å². The number of halogens is 1. The lowest BCUT2D eigenvalue weighted by Gasteiger charge is -2.07. The number of pyridine rings is 1. The first-order valence-corrected chi connectivity index (χ1v) is 8.09. The van der Waals surface area contributed by atoms with Gasteiger partial charge in [-0.1, -0.05) is 28.1 Å². The van der Waals surface area contributed by atoms with E-state index in [2.05, 4.69) is 31.5 Å². The molecule has 0 radical (unpaired) electrons. The topological polar surface area (TPSA) is 71.1 Å². The smallest absolute Gasteiger partial charge is 0.224 e. The van der Waals surface area contributed by atoms with Crippen LogP contribution in [0.3, 0.4) is 0 Å². The molecule has 1 heterocycles. The van der Waals surface area contributed by atoms with Crippen molar-refractivity contribution in [3.8, 4) is 0 Å². The highest BCUT2D eigenvalue weighted by Crippen LogP contribution is 2.10. The van der Waals surface area contributed by atoms with E-state index in [1.165, 1.54) is 0 Å². The minimum atomic E-state index is -0.0919. The van der Waals surface area contributed by atoms with Gasteiger partial charge in [0.1, 0.15) is 0 Å². The minimum absolute atomic E-state index is 0.0887. The van der Waals surface area contributed by atoms with E-state index < -0.39 is 0 Å². The molecule has 5 nitrogen and oxygen atoms in total. The molecule has 2 rings (SSSR count). The van der Waals surface area contributed by atoms with Crippen LogP contribution in [0, 0.1) is 0 Å². The average Bonchev–Trinajstić information content (AvgIpc) is 2.56. The Hall–Kier alpha value is -2.21. The van der Waals surface area contributed by atoms with Crippen molar-refractivity contribution in [3.05, 3.63) is 64.4 Å². The monoisotopic (exact) mass is 375 g/mol. The Morgan fingerprint density at radius 2 is 1.61 bits per heavy atom. The molecule has 0 atom stereocenters. The molecule has 0 saturated carbocycles. The zero-order chi connectivity index (χ0) is 16.5. The molecule has 0 aliphatic heterocycles. The molecule has 120 valence electrons. The molecular formula is C17H18BrN3O2. The van der Waals surface area contributed by atoms with E-state index >= 15 is 0 Å². The molecular weight excluding hydrogens is 358 g/mol. The number of carbonyl (C=O) groups excluding carboxylic acids is 2. The van der Waals surface area contributed by atoms with Crippen molar-refractivity contribution in [2.24, 2.45) is 0 Å². The van der Waals surface area contributed by atoms with Crippen LogP contribution in [0.2, 0.25) is 0 Å². The van der Waals surface area contributed by atoms with Gasteiger partial charge in [0.05, 0.1) is 6.42 Å². The summed E-state index contributed by atoms with van der Waals surface area (Å²) in [5.74, 6) is -0.181. The first kappa shape index (κ1) is 17.1. The van der Waals surface area contributed by atoms with Crippen molar-refractivity contribution in [3.63, 3.8) is 0 Å². The number of nitrogens with zero attached hydrogens (tertiary/aromatic N) is 1. The maximum absolute atomic E-state index is 11.8. The van der Waals surface area contributed by atoms with Crippen molar-refractivity contribution in [1.29, 1.82) is 0 Å². The van der Waals surface area contributed by atoms with E-state index in [0.717, 1.165) is 15.6 Å². The quantitative estimate of drug-likeness (QED) is 0.779. The summed E-state index contributed by atoms with van der Waals surface area (Å²) in [6, 6.07) is 11.3. The fraction of sp³-hybridized carbons (Fsp3) is 0.235. The lowest BCUT2D eigenvalue weighted by atomic mass is 10.1. The van der Waals surface area contributed by atoms with E-state index in [-0.39, 0.29) is 18.2 Å². The molecule has 0 spiro atoms. The zero-order valence-corrected chi connectivity index (χ0v) is 14.2. The lowest BCUT2D eigenvalue weighted by molar-refractivity contribution is -0.122. The van der Waals surface area contributed by atoms with Gasteiger partial charge in [-0.05, 0) is 35.4 Å². The Balaban J connectivity index is 1.63. The van der Waals surface area contributed by atoms with Crippen molar-refractivity contribution in [2.45, 2.75) is 19.4 Å². The van der Waals surface area contributed by atoms with Crippen LogP contribution in [0.25, 0.3) is 0 Å². The Bertz CT molecular complexity index is 645. The van der Waals surface area contributed by atoms with Gasteiger partial charge in [0, 0.05) is 36.4 Å². The highest BCUT2D eigenvalue weighted by molar-refractivity contribution is 9.10. The SMILES string of the molecule is O=C(CCNC(=O)Cc1ccc(Br)cc1)NCc1ccncc1. The third-order valence-electron chi connectivity index (χ3n) is 3.19. The second-order valence-corrected chi connectivity index (χ2v) is 5.95. The van der Waals surface area contributed by atoms with Crippen LogP contribution in [0.4, 0.5) is 0 Å². The van der Waals surface area contributed by atoms with Gasteiger partial charge in [-0.2, -0.15) is 0 Å². The van der Waals surface area contributed by atoms with Gasteiger partial charge in [-0.3, -0.25) is 14.6 Å². The maximum Gasteiger partial charge on any atom is 0.224 e. The summed E-state index contributed by atoms with van der Waals surface area (Å²) in [6.45, 7) is 0.797. The fourth-order valence-electron chi connectivity index (χ4n) is 1.96. The molecule has 0 saturated heterocycles. The predicted octanol–water partition coefficient (Wildman–Crippen LogP) is 2.21. The number of amides is 2. The number of hydrogen-bond donors (Lipinski definition) is 2. The number of aromatic nitrogens is 1. The summed E-state index contributed by atoms with van der Waals surface area (Å²) >= 11 is 3.35. The zero-order valence-electron chi connectivity index (χ0n) is 12.6. The van der Waals surface area contributed by atoms with Gasteiger partial charge in [-0.15, -0.1) is 0 Å². The van der Waals surface area contributed by atoms with Crippen molar-refractivity contribution >= 4 is 27.7 Å². The molecule has 0 bridgehead atoms. The fourth-order valence-corrected chi connectivity index (χ4v) is 2.22. The van der Waals surface area contributed by atoms with E-state index in [1.54, 1.807) is 12.4 Å². The number of nitrogens with one attached hydrogen (secondary N) is 2. The third kappa shape index (κ3) is 6.61. The number of hydrogen-bond acceptors (Lipinski definition) is 3. The van der Waals surface area contributed by atoms with E-state index in [1.807, 2.05) is 36.4 Å². The van der Waals surface area contributed by atoms with Crippen LogP contribution in [0.1, 0.15) is 17.5 Å². The molecule has 0 aliphatic carbocycles. The third-order valence-corrected chi connectivity index (χ3v) is 3.72. The summed E-state index contributed by atoms with van der Waals surface area (Å²) in [4.78, 5) is 27.4. The van der Waals surface area contributed by atoms with E-state index in [4.69, 9.17) is 0 Å². The minimum Gasteiger partial charge on any atom is -0.355 e. The average molecular weight is 376 g/mol. The van der Waals surface area contributed by atoms with Gasteiger partial charge in [0.2, 0.25) is 11.8 Å². The largest absolute Gasteiger partial charge is 0.355 e. The Morgan fingerprint density at radius 1 is 0.913 bits per heavy atom. The Kier molecular flexibility index (Phi) is 6.75. The van der Waals surface area contributed by atoms with Crippen LogP contribution in [0.5, 0.6) is 0 Å². The second-order valence-electron chi connectivity index (χ2n) is 5.04. The van der Waals surface area contributed by atoms with Gasteiger partial charge >= 0.3 is 0 Å². The summed E-state index contributed by atoms with van der Waals surface area (Å²) in [5.41, 5.74) is 1.93. The van der Waals surface area contributed by atoms with E-state index in [0.29, 0.717) is 19.5 Å². The lowest BCUT2D eigenvalue weighted by Crippen LogP contribution is -2.31. The van der Waals surface area contributed by atoms with Crippen LogP contribution in [0.15, 0.2) is 53.3 Å². The summed E-state index contributed by atoms with van der Waals surface area (Å²) < 4.78 is 0.979. The number of rotatable bonds is 7. The second kappa shape index (κ2) is 9.05. The van der Waals surface area contributed by atoms with Crippen molar-refractivity contribution in [2.75, 3.05) is 6.54 Å². The molecule has 0 unspecified atom stereocenters. The molecule has 23 heavy (non-hydrogen) atoms. The van der Waals surface area contributed by atoms with E-state index in [9.17, 15) is 9.59 Å².